The van der Waals surface area contributed by atoms with Gasteiger partial charge in [-0.3, -0.25) is 14.9 Å². The van der Waals surface area contributed by atoms with E-state index < -0.39 is 0 Å². The third-order valence-electron chi connectivity index (χ3n) is 2.50. The first-order valence-electron chi connectivity index (χ1n) is 5.62. The Morgan fingerprint density at radius 2 is 2.15 bits per heavy atom. The fourth-order valence-corrected chi connectivity index (χ4v) is 2.85. The number of halogens is 1. The Morgan fingerprint density at radius 3 is 2.75 bits per heavy atom. The minimum Gasteiger partial charge on any atom is -0.298 e. The number of hydrogen-bond acceptors (Lipinski definition) is 5. The topological polar surface area (TPSA) is 59.1 Å². The van der Waals surface area contributed by atoms with E-state index in [1.165, 1.54) is 30.0 Å². The normalized spacial score (nSPS) is 10.3. The van der Waals surface area contributed by atoms with E-state index >= 15 is 0 Å². The molecule has 0 spiro atoms. The Hall–Kier alpha value is -1.37. The first-order chi connectivity index (χ1) is 9.51. The molecule has 20 heavy (non-hydrogen) atoms. The second-order valence-electron chi connectivity index (χ2n) is 3.89. The van der Waals surface area contributed by atoms with Crippen LogP contribution in [0.4, 0.5) is 5.13 Å². The molecule has 1 amide bonds. The lowest BCUT2D eigenvalue weighted by atomic mass is 10.2. The van der Waals surface area contributed by atoms with Crippen LogP contribution in [0.15, 0.2) is 28.5 Å². The predicted octanol–water partition coefficient (Wildman–Crippen LogP) is 3.97. The summed E-state index contributed by atoms with van der Waals surface area (Å²) in [5.41, 5.74) is 0.729. The lowest BCUT2D eigenvalue weighted by molar-refractivity contribution is 0.100. The van der Waals surface area contributed by atoms with Crippen molar-refractivity contribution in [3.63, 3.8) is 0 Å². The van der Waals surface area contributed by atoms with Gasteiger partial charge in [0.25, 0.3) is 5.91 Å². The maximum Gasteiger partial charge on any atom is 0.258 e. The van der Waals surface area contributed by atoms with E-state index in [9.17, 15) is 9.59 Å². The molecule has 0 radical (unpaired) electrons. The van der Waals surface area contributed by atoms with Gasteiger partial charge in [-0.2, -0.15) is 0 Å². The number of benzene rings is 1. The van der Waals surface area contributed by atoms with Gasteiger partial charge in [0.15, 0.2) is 10.9 Å². The van der Waals surface area contributed by atoms with Gasteiger partial charge >= 0.3 is 0 Å². The number of thioether (sulfide) groups is 1. The first kappa shape index (κ1) is 15.0. The molecule has 0 aliphatic carbocycles. The number of anilines is 1. The van der Waals surface area contributed by atoms with Crippen molar-refractivity contribution in [3.8, 4) is 0 Å². The van der Waals surface area contributed by atoms with Gasteiger partial charge < -0.3 is 0 Å². The van der Waals surface area contributed by atoms with Crippen molar-refractivity contribution in [1.82, 2.24) is 4.98 Å². The Labute approximate surface area is 129 Å². The fraction of sp³-hybridized carbons (Fsp3) is 0.154. The van der Waals surface area contributed by atoms with E-state index in [-0.39, 0.29) is 11.7 Å². The average molecular weight is 327 g/mol. The quantitative estimate of drug-likeness (QED) is 0.682. The van der Waals surface area contributed by atoms with Gasteiger partial charge in [0.05, 0.1) is 10.6 Å². The van der Waals surface area contributed by atoms with Crippen LogP contribution in [0.5, 0.6) is 0 Å². The van der Waals surface area contributed by atoms with Gasteiger partial charge in [0.1, 0.15) is 5.69 Å². The van der Waals surface area contributed by atoms with Gasteiger partial charge in [0, 0.05) is 17.2 Å². The van der Waals surface area contributed by atoms with Crippen molar-refractivity contribution in [3.05, 3.63) is 39.9 Å². The van der Waals surface area contributed by atoms with Crippen molar-refractivity contribution in [1.29, 1.82) is 0 Å². The van der Waals surface area contributed by atoms with Crippen LogP contribution in [0.2, 0.25) is 5.02 Å². The Balaban J connectivity index is 2.21. The van der Waals surface area contributed by atoms with Crippen LogP contribution >= 0.6 is 34.7 Å². The second kappa shape index (κ2) is 6.39. The molecule has 4 nitrogen and oxygen atoms in total. The largest absolute Gasteiger partial charge is 0.298 e. The summed E-state index contributed by atoms with van der Waals surface area (Å²) in [6.45, 7) is 1.43. The molecule has 7 heteroatoms. The third-order valence-corrected chi connectivity index (χ3v) is 4.32. The van der Waals surface area contributed by atoms with Crippen LogP contribution < -0.4 is 5.32 Å². The Bertz CT molecular complexity index is 670. The molecule has 0 atom stereocenters. The SMILES string of the molecule is CSc1ccc(Cl)c(C(=O)Nc2nc(C(C)=O)cs2)c1. The fourth-order valence-electron chi connectivity index (χ4n) is 1.46. The Morgan fingerprint density at radius 1 is 1.40 bits per heavy atom. The molecule has 1 heterocycles. The number of nitrogens with one attached hydrogen (secondary N) is 1. The summed E-state index contributed by atoms with van der Waals surface area (Å²) in [7, 11) is 0. The first-order valence-corrected chi connectivity index (χ1v) is 8.11. The van der Waals surface area contributed by atoms with Crippen LogP contribution in [-0.2, 0) is 0 Å². The molecule has 104 valence electrons. The van der Waals surface area contributed by atoms with E-state index in [0.29, 0.717) is 21.4 Å². The average Bonchev–Trinajstić information content (AvgIpc) is 2.88. The third kappa shape index (κ3) is 3.39. The van der Waals surface area contributed by atoms with Gasteiger partial charge in [-0.25, -0.2) is 4.98 Å². The number of nitrogens with zero attached hydrogens (tertiary/aromatic N) is 1. The lowest BCUT2D eigenvalue weighted by Crippen LogP contribution is -2.12. The molecule has 0 aliphatic heterocycles. The molecule has 1 aromatic heterocycles. The summed E-state index contributed by atoms with van der Waals surface area (Å²) < 4.78 is 0. The number of hydrogen-bond donors (Lipinski definition) is 1. The Kier molecular flexibility index (Phi) is 4.80. The van der Waals surface area contributed by atoms with Crippen molar-refractivity contribution in [2.75, 3.05) is 11.6 Å². The second-order valence-corrected chi connectivity index (χ2v) is 6.04. The number of thiazole rings is 1. The molecule has 2 aromatic rings. The zero-order valence-electron chi connectivity index (χ0n) is 10.8. The monoisotopic (exact) mass is 326 g/mol. The van der Waals surface area contributed by atoms with Crippen molar-refractivity contribution in [2.45, 2.75) is 11.8 Å². The summed E-state index contributed by atoms with van der Waals surface area (Å²) in [5, 5.41) is 5.02. The highest BCUT2D eigenvalue weighted by atomic mass is 35.5. The molecule has 0 aliphatic rings. The zero-order chi connectivity index (χ0) is 14.7. The van der Waals surface area contributed by atoms with Crippen LogP contribution in [-0.4, -0.2) is 22.9 Å². The number of amides is 1. The highest BCUT2D eigenvalue weighted by Crippen LogP contribution is 2.24. The molecule has 0 saturated carbocycles. The molecule has 2 rings (SSSR count). The molecular weight excluding hydrogens is 316 g/mol. The summed E-state index contributed by atoms with van der Waals surface area (Å²) in [5.74, 6) is -0.473. The maximum atomic E-state index is 12.2. The summed E-state index contributed by atoms with van der Waals surface area (Å²) in [6, 6.07) is 5.26. The van der Waals surface area contributed by atoms with Crippen LogP contribution in [0.3, 0.4) is 0 Å². The molecule has 0 saturated heterocycles. The van der Waals surface area contributed by atoms with Crippen molar-refractivity contribution >= 4 is 51.5 Å². The van der Waals surface area contributed by atoms with E-state index in [4.69, 9.17) is 11.6 Å². The van der Waals surface area contributed by atoms with Crippen molar-refractivity contribution < 1.29 is 9.59 Å². The molecule has 0 bridgehead atoms. The summed E-state index contributed by atoms with van der Waals surface area (Å²) in [6.07, 6.45) is 1.92. The van der Waals surface area contributed by atoms with Crippen molar-refractivity contribution in [2.24, 2.45) is 0 Å². The summed E-state index contributed by atoms with van der Waals surface area (Å²) >= 11 is 8.76. The standard InChI is InChI=1S/C13H11ClN2O2S2/c1-7(17)11-6-20-13(15-11)16-12(18)9-5-8(19-2)3-4-10(9)14/h3-6H,1-2H3,(H,15,16,18). The highest BCUT2D eigenvalue weighted by Gasteiger charge is 2.14. The number of carbonyl (C=O) groups is 2. The minimum atomic E-state index is -0.338. The number of ketones is 1. The maximum absolute atomic E-state index is 12.2. The zero-order valence-corrected chi connectivity index (χ0v) is 13.2. The van der Waals surface area contributed by atoms with Crippen LogP contribution in [0, 0.1) is 0 Å². The van der Waals surface area contributed by atoms with Gasteiger partial charge in [0.2, 0.25) is 0 Å². The number of rotatable bonds is 4. The minimum absolute atomic E-state index is 0.135. The molecule has 0 unspecified atom stereocenters. The molecule has 1 N–H and O–H groups in total. The van der Waals surface area contributed by atoms with Gasteiger partial charge in [-0.05, 0) is 24.5 Å². The number of carbonyl (C=O) groups excluding carboxylic acids is 2. The van der Waals surface area contributed by atoms with E-state index in [1.807, 2.05) is 12.3 Å². The smallest absolute Gasteiger partial charge is 0.258 e. The van der Waals surface area contributed by atoms with Crippen LogP contribution in [0.1, 0.15) is 27.8 Å². The lowest BCUT2D eigenvalue weighted by Gasteiger charge is -2.05. The summed E-state index contributed by atoms with van der Waals surface area (Å²) in [4.78, 5) is 28.3. The highest BCUT2D eigenvalue weighted by molar-refractivity contribution is 7.98. The molecule has 1 aromatic carbocycles. The number of aromatic nitrogens is 1. The van der Waals surface area contributed by atoms with E-state index in [2.05, 4.69) is 10.3 Å². The molecule has 0 fully saturated rings. The van der Waals surface area contributed by atoms with Crippen LogP contribution in [0.25, 0.3) is 0 Å². The van der Waals surface area contributed by atoms with E-state index in [0.717, 1.165) is 4.90 Å². The van der Waals surface area contributed by atoms with E-state index in [1.54, 1.807) is 17.5 Å². The van der Waals surface area contributed by atoms with Gasteiger partial charge in [-0.15, -0.1) is 23.1 Å². The predicted molar refractivity (Wildman–Crippen MR) is 83.3 cm³/mol. The number of Topliss-reactive ketones (excluding diaryl/α,β-unsaturated/α-hetero) is 1. The molecular formula is C13H11ClN2O2S2. The van der Waals surface area contributed by atoms with Gasteiger partial charge in [-0.1, -0.05) is 11.6 Å².